The molecule has 0 saturated carbocycles. The molecule has 0 radical (unpaired) electrons. The van der Waals surface area contributed by atoms with Crippen LogP contribution in [0.1, 0.15) is 10.5 Å². The molecule has 1 aromatic heterocycles. The number of ether oxygens (including phenoxy) is 1. The third kappa shape index (κ3) is 2.21. The first-order valence-corrected chi connectivity index (χ1v) is 5.55. The molecule has 0 saturated heterocycles. The minimum absolute atomic E-state index is 0.0181. The first-order valence-electron chi connectivity index (χ1n) is 4.76. The van der Waals surface area contributed by atoms with Crippen molar-refractivity contribution in [2.45, 2.75) is 0 Å². The van der Waals surface area contributed by atoms with Crippen LogP contribution < -0.4 is 4.74 Å². The summed E-state index contributed by atoms with van der Waals surface area (Å²) in [6.07, 6.45) is 0. The van der Waals surface area contributed by atoms with Gasteiger partial charge in [-0.3, -0.25) is 0 Å². The van der Waals surface area contributed by atoms with Crippen molar-refractivity contribution in [2.75, 3.05) is 7.11 Å². The maximum absolute atomic E-state index is 14.0. The van der Waals surface area contributed by atoms with Gasteiger partial charge < -0.3 is 14.4 Å². The maximum Gasteiger partial charge on any atom is 0.358 e. The first kappa shape index (κ1) is 12.6. The van der Waals surface area contributed by atoms with Crippen LogP contribution in [0.15, 0.2) is 27.2 Å². The Bertz CT molecular complexity index is 611. The number of aromatic nitrogens is 1. The van der Waals surface area contributed by atoms with Crippen LogP contribution in [0.5, 0.6) is 5.75 Å². The topological polar surface area (TPSA) is 72.6 Å². The minimum Gasteiger partial charge on any atom is -0.494 e. The molecule has 0 fully saturated rings. The van der Waals surface area contributed by atoms with E-state index in [1.807, 2.05) is 0 Å². The Kier molecular flexibility index (Phi) is 3.33. The molecule has 0 amide bonds. The van der Waals surface area contributed by atoms with Crippen LogP contribution in [0, 0.1) is 5.82 Å². The average Bonchev–Trinajstić information content (AvgIpc) is 2.81. The number of carboxylic acids is 1. The van der Waals surface area contributed by atoms with Crippen molar-refractivity contribution in [1.82, 2.24) is 5.16 Å². The summed E-state index contributed by atoms with van der Waals surface area (Å²) < 4.78 is 24.2. The van der Waals surface area contributed by atoms with E-state index >= 15 is 0 Å². The number of hydrogen-bond donors (Lipinski definition) is 1. The van der Waals surface area contributed by atoms with Crippen molar-refractivity contribution in [1.29, 1.82) is 0 Å². The summed E-state index contributed by atoms with van der Waals surface area (Å²) in [5.74, 6) is -1.85. The first-order chi connectivity index (χ1) is 8.52. The fourth-order valence-corrected chi connectivity index (χ4v) is 1.83. The summed E-state index contributed by atoms with van der Waals surface area (Å²) in [6.45, 7) is 0. The van der Waals surface area contributed by atoms with Gasteiger partial charge in [0.15, 0.2) is 23.0 Å². The van der Waals surface area contributed by atoms with Gasteiger partial charge in [0.1, 0.15) is 0 Å². The largest absolute Gasteiger partial charge is 0.494 e. The van der Waals surface area contributed by atoms with Crippen molar-refractivity contribution in [3.63, 3.8) is 0 Å². The zero-order valence-electron chi connectivity index (χ0n) is 9.11. The highest BCUT2D eigenvalue weighted by Gasteiger charge is 2.18. The Morgan fingerprint density at radius 1 is 1.50 bits per heavy atom. The van der Waals surface area contributed by atoms with E-state index in [0.717, 1.165) is 6.07 Å². The van der Waals surface area contributed by atoms with Gasteiger partial charge in [0.25, 0.3) is 0 Å². The van der Waals surface area contributed by atoms with Crippen molar-refractivity contribution in [2.24, 2.45) is 0 Å². The summed E-state index contributed by atoms with van der Waals surface area (Å²) in [7, 11) is 1.33. The van der Waals surface area contributed by atoms with Crippen LogP contribution >= 0.6 is 15.9 Å². The minimum atomic E-state index is -1.24. The molecule has 5 nitrogen and oxygen atoms in total. The summed E-state index contributed by atoms with van der Waals surface area (Å²) in [5.41, 5.74) is -0.218. The summed E-state index contributed by atoms with van der Waals surface area (Å²) in [6, 6.07) is 4.05. The van der Waals surface area contributed by atoms with Crippen LogP contribution in [-0.2, 0) is 0 Å². The molecular weight excluding hydrogens is 309 g/mol. The number of rotatable bonds is 3. The molecule has 0 bridgehead atoms. The number of aromatic carboxylic acids is 1. The van der Waals surface area contributed by atoms with Crippen molar-refractivity contribution in [3.05, 3.63) is 34.2 Å². The lowest BCUT2D eigenvalue weighted by Crippen LogP contribution is -1.94. The fraction of sp³-hybridized carbons (Fsp3) is 0.0909. The van der Waals surface area contributed by atoms with Crippen LogP contribution in [0.25, 0.3) is 11.3 Å². The zero-order valence-corrected chi connectivity index (χ0v) is 10.7. The second kappa shape index (κ2) is 4.77. The van der Waals surface area contributed by atoms with Gasteiger partial charge in [-0.2, -0.15) is 0 Å². The normalized spacial score (nSPS) is 10.4. The van der Waals surface area contributed by atoms with Crippen molar-refractivity contribution < 1.29 is 23.6 Å². The van der Waals surface area contributed by atoms with Crippen LogP contribution in [-0.4, -0.2) is 23.3 Å². The zero-order chi connectivity index (χ0) is 13.3. The quantitative estimate of drug-likeness (QED) is 0.942. The van der Waals surface area contributed by atoms with Gasteiger partial charge in [0.2, 0.25) is 0 Å². The Morgan fingerprint density at radius 3 is 2.78 bits per heavy atom. The third-order valence-electron chi connectivity index (χ3n) is 2.22. The van der Waals surface area contributed by atoms with Gasteiger partial charge in [-0.25, -0.2) is 9.18 Å². The highest BCUT2D eigenvalue weighted by molar-refractivity contribution is 9.10. The molecule has 0 spiro atoms. The molecule has 0 aliphatic carbocycles. The predicted molar refractivity (Wildman–Crippen MR) is 63.1 cm³/mol. The van der Waals surface area contributed by atoms with Crippen LogP contribution in [0.2, 0.25) is 0 Å². The number of carboxylic acid groups (broad SMARTS) is 1. The van der Waals surface area contributed by atoms with Crippen molar-refractivity contribution >= 4 is 21.9 Å². The van der Waals surface area contributed by atoms with E-state index in [1.54, 1.807) is 0 Å². The van der Waals surface area contributed by atoms with Gasteiger partial charge >= 0.3 is 5.97 Å². The second-order valence-electron chi connectivity index (χ2n) is 3.35. The van der Waals surface area contributed by atoms with E-state index in [-0.39, 0.29) is 22.8 Å². The molecule has 2 rings (SSSR count). The monoisotopic (exact) mass is 315 g/mol. The molecule has 0 atom stereocenters. The van der Waals surface area contributed by atoms with E-state index in [1.165, 1.54) is 19.2 Å². The number of methoxy groups -OCH3 is 1. The SMILES string of the molecule is COc1cc(Br)cc(-c2cc(C(=O)O)no2)c1F. The van der Waals surface area contributed by atoms with Crippen LogP contribution in [0.3, 0.4) is 0 Å². The van der Waals surface area contributed by atoms with Crippen LogP contribution in [0.4, 0.5) is 4.39 Å². The molecule has 0 aliphatic rings. The third-order valence-corrected chi connectivity index (χ3v) is 2.68. The highest BCUT2D eigenvalue weighted by Crippen LogP contribution is 2.33. The molecule has 18 heavy (non-hydrogen) atoms. The van der Waals surface area contributed by atoms with E-state index in [0.29, 0.717) is 4.47 Å². The van der Waals surface area contributed by atoms with E-state index in [4.69, 9.17) is 14.4 Å². The van der Waals surface area contributed by atoms with Gasteiger partial charge in [-0.15, -0.1) is 0 Å². The standard InChI is InChI=1S/C11H7BrFNO4/c1-17-9-3-5(12)2-6(10(9)13)8-4-7(11(15)16)14-18-8/h2-4H,1H3,(H,15,16). The van der Waals surface area contributed by atoms with Gasteiger partial charge in [-0.05, 0) is 12.1 Å². The Balaban J connectivity index is 2.55. The number of benzene rings is 1. The van der Waals surface area contributed by atoms with Gasteiger partial charge in [0, 0.05) is 10.5 Å². The van der Waals surface area contributed by atoms with E-state index in [2.05, 4.69) is 21.1 Å². The molecular formula is C11H7BrFNO4. The summed E-state index contributed by atoms with van der Waals surface area (Å²) in [5, 5.41) is 12.0. The molecule has 1 aromatic carbocycles. The lowest BCUT2D eigenvalue weighted by atomic mass is 10.1. The maximum atomic E-state index is 14.0. The molecule has 0 unspecified atom stereocenters. The molecule has 7 heteroatoms. The number of hydrogen-bond acceptors (Lipinski definition) is 4. The molecule has 2 aromatic rings. The number of halogens is 2. The Labute approximate surface area is 109 Å². The van der Waals surface area contributed by atoms with Gasteiger partial charge in [-0.1, -0.05) is 21.1 Å². The lowest BCUT2D eigenvalue weighted by Gasteiger charge is -2.05. The molecule has 1 heterocycles. The predicted octanol–water partition coefficient (Wildman–Crippen LogP) is 2.95. The summed E-state index contributed by atoms with van der Waals surface area (Å²) >= 11 is 3.20. The average molecular weight is 316 g/mol. The smallest absolute Gasteiger partial charge is 0.358 e. The Morgan fingerprint density at radius 2 is 2.22 bits per heavy atom. The Hall–Kier alpha value is -1.89. The van der Waals surface area contributed by atoms with E-state index in [9.17, 15) is 9.18 Å². The number of carbonyl (C=O) groups is 1. The number of nitrogens with zero attached hydrogens (tertiary/aromatic N) is 1. The molecule has 1 N–H and O–H groups in total. The summed E-state index contributed by atoms with van der Waals surface area (Å²) in [4.78, 5) is 10.7. The highest BCUT2D eigenvalue weighted by atomic mass is 79.9. The van der Waals surface area contributed by atoms with Crippen molar-refractivity contribution in [3.8, 4) is 17.1 Å². The van der Waals surface area contributed by atoms with Gasteiger partial charge in [0.05, 0.1) is 12.7 Å². The molecule has 94 valence electrons. The van der Waals surface area contributed by atoms with E-state index < -0.39 is 11.8 Å². The second-order valence-corrected chi connectivity index (χ2v) is 4.27. The lowest BCUT2D eigenvalue weighted by molar-refractivity contribution is 0.0686. The molecule has 0 aliphatic heterocycles. The fourth-order valence-electron chi connectivity index (χ4n) is 1.40.